The van der Waals surface area contributed by atoms with Crippen molar-refractivity contribution in [2.45, 2.75) is 19.9 Å². The lowest BCUT2D eigenvalue weighted by Crippen LogP contribution is -1.99. The second kappa shape index (κ2) is 4.85. The van der Waals surface area contributed by atoms with Gasteiger partial charge < -0.3 is 15.3 Å². The smallest absolute Gasteiger partial charge is 0.323 e. The maximum atomic E-state index is 11.2. The number of aryl methyl sites for hydroxylation is 1. The van der Waals surface area contributed by atoms with Crippen molar-refractivity contribution < 1.29 is 0 Å². The summed E-state index contributed by atoms with van der Waals surface area (Å²) in [6.45, 7) is 2.68. The van der Waals surface area contributed by atoms with E-state index in [1.165, 1.54) is 11.5 Å². The van der Waals surface area contributed by atoms with Crippen LogP contribution in [0.5, 0.6) is 0 Å². The number of aromatic nitrogens is 4. The first-order valence-electron chi connectivity index (χ1n) is 6.02. The van der Waals surface area contributed by atoms with Crippen molar-refractivity contribution in [2.24, 2.45) is 0 Å². The normalized spacial score (nSPS) is 11.0. The SMILES string of the molecule is CCc1nsc(NCc2ccc3[nH]c(=O)[nH]c3c2)n1. The van der Waals surface area contributed by atoms with Crippen molar-refractivity contribution in [3.8, 4) is 0 Å². The fraction of sp³-hybridized carbons (Fsp3) is 0.250. The van der Waals surface area contributed by atoms with E-state index in [4.69, 9.17) is 0 Å². The molecule has 0 atom stereocenters. The highest BCUT2D eigenvalue weighted by molar-refractivity contribution is 7.09. The Morgan fingerprint density at radius 2 is 2.16 bits per heavy atom. The molecule has 0 bridgehead atoms. The Morgan fingerprint density at radius 1 is 1.32 bits per heavy atom. The van der Waals surface area contributed by atoms with E-state index >= 15 is 0 Å². The number of nitrogens with one attached hydrogen (secondary N) is 3. The van der Waals surface area contributed by atoms with Gasteiger partial charge in [0.25, 0.3) is 0 Å². The van der Waals surface area contributed by atoms with Gasteiger partial charge in [-0.3, -0.25) is 0 Å². The van der Waals surface area contributed by atoms with Crippen LogP contribution < -0.4 is 11.0 Å². The fourth-order valence-electron chi connectivity index (χ4n) is 1.84. The zero-order chi connectivity index (χ0) is 13.2. The number of nitrogens with zero attached hydrogens (tertiary/aromatic N) is 2. The lowest BCUT2D eigenvalue weighted by molar-refractivity contribution is 0.993. The monoisotopic (exact) mass is 275 g/mol. The topological polar surface area (TPSA) is 86.5 Å². The molecule has 2 heterocycles. The second-order valence-electron chi connectivity index (χ2n) is 4.18. The van der Waals surface area contributed by atoms with Crippen LogP contribution in [-0.2, 0) is 13.0 Å². The number of rotatable bonds is 4. The van der Waals surface area contributed by atoms with Gasteiger partial charge in [-0.05, 0) is 17.7 Å². The summed E-state index contributed by atoms with van der Waals surface area (Å²) in [6, 6.07) is 5.81. The Bertz CT molecular complexity index is 757. The van der Waals surface area contributed by atoms with Crippen LogP contribution in [0.15, 0.2) is 23.0 Å². The summed E-state index contributed by atoms with van der Waals surface area (Å²) >= 11 is 1.36. The molecule has 6 nitrogen and oxygen atoms in total. The zero-order valence-corrected chi connectivity index (χ0v) is 11.2. The molecule has 98 valence electrons. The number of fused-ring (bicyclic) bond motifs is 1. The van der Waals surface area contributed by atoms with Gasteiger partial charge in [0, 0.05) is 24.5 Å². The minimum absolute atomic E-state index is 0.183. The Kier molecular flexibility index (Phi) is 3.04. The molecule has 0 spiro atoms. The molecule has 19 heavy (non-hydrogen) atoms. The highest BCUT2D eigenvalue weighted by Gasteiger charge is 2.03. The minimum atomic E-state index is -0.183. The standard InChI is InChI=1S/C12H13N5OS/c1-2-10-16-12(19-17-10)13-6-7-3-4-8-9(5-7)15-11(18)14-8/h3-5H,2,6H2,1H3,(H,13,16,17)(H2,14,15,18). The molecule has 0 aliphatic heterocycles. The van der Waals surface area contributed by atoms with E-state index in [0.717, 1.165) is 34.0 Å². The van der Waals surface area contributed by atoms with Crippen molar-refractivity contribution in [2.75, 3.05) is 5.32 Å². The number of anilines is 1. The molecule has 0 saturated carbocycles. The second-order valence-corrected chi connectivity index (χ2v) is 4.93. The molecule has 3 aromatic rings. The van der Waals surface area contributed by atoms with Gasteiger partial charge >= 0.3 is 5.69 Å². The van der Waals surface area contributed by atoms with Crippen LogP contribution in [0.1, 0.15) is 18.3 Å². The van der Waals surface area contributed by atoms with Crippen molar-refractivity contribution in [1.82, 2.24) is 19.3 Å². The molecule has 0 fully saturated rings. The van der Waals surface area contributed by atoms with Crippen molar-refractivity contribution in [3.05, 3.63) is 40.1 Å². The van der Waals surface area contributed by atoms with E-state index in [1.807, 2.05) is 25.1 Å². The number of imidazole rings is 1. The molecule has 7 heteroatoms. The number of hydrogen-bond donors (Lipinski definition) is 3. The number of benzene rings is 1. The van der Waals surface area contributed by atoms with Crippen LogP contribution in [-0.4, -0.2) is 19.3 Å². The van der Waals surface area contributed by atoms with Crippen molar-refractivity contribution >= 4 is 27.7 Å². The van der Waals surface area contributed by atoms with Gasteiger partial charge in [-0.2, -0.15) is 4.37 Å². The molecule has 2 aromatic heterocycles. The van der Waals surface area contributed by atoms with Gasteiger partial charge in [-0.25, -0.2) is 9.78 Å². The van der Waals surface area contributed by atoms with E-state index in [0.29, 0.717) is 6.54 Å². The number of H-pyrrole nitrogens is 2. The van der Waals surface area contributed by atoms with Crippen molar-refractivity contribution in [3.63, 3.8) is 0 Å². The van der Waals surface area contributed by atoms with Gasteiger partial charge in [-0.15, -0.1) is 0 Å². The van der Waals surface area contributed by atoms with Gasteiger partial charge in [0.1, 0.15) is 5.82 Å². The summed E-state index contributed by atoms with van der Waals surface area (Å²) in [5.41, 5.74) is 2.53. The van der Waals surface area contributed by atoms with E-state index in [2.05, 4.69) is 24.6 Å². The van der Waals surface area contributed by atoms with Gasteiger partial charge in [-0.1, -0.05) is 13.0 Å². The van der Waals surface area contributed by atoms with E-state index in [1.54, 1.807) is 0 Å². The van der Waals surface area contributed by atoms with Crippen LogP contribution in [0.2, 0.25) is 0 Å². The summed E-state index contributed by atoms with van der Waals surface area (Å²) in [5, 5.41) is 4.05. The van der Waals surface area contributed by atoms with Gasteiger partial charge in [0.2, 0.25) is 5.13 Å². The summed E-state index contributed by atoms with van der Waals surface area (Å²) < 4.78 is 4.22. The third-order valence-corrected chi connectivity index (χ3v) is 3.52. The van der Waals surface area contributed by atoms with E-state index in [-0.39, 0.29) is 5.69 Å². The molecule has 0 amide bonds. The molecule has 1 aromatic carbocycles. The van der Waals surface area contributed by atoms with Crippen molar-refractivity contribution in [1.29, 1.82) is 0 Å². The maximum absolute atomic E-state index is 11.2. The summed E-state index contributed by atoms with van der Waals surface area (Å²) in [6.07, 6.45) is 0.842. The van der Waals surface area contributed by atoms with Crippen LogP contribution in [0.4, 0.5) is 5.13 Å². The third-order valence-electron chi connectivity index (χ3n) is 2.81. The summed E-state index contributed by atoms with van der Waals surface area (Å²) in [7, 11) is 0. The molecule has 0 saturated heterocycles. The van der Waals surface area contributed by atoms with Crippen LogP contribution in [0.25, 0.3) is 11.0 Å². The molecule has 3 N–H and O–H groups in total. The lowest BCUT2D eigenvalue weighted by atomic mass is 10.2. The Balaban J connectivity index is 1.75. The Labute approximate surface area is 113 Å². The first-order valence-corrected chi connectivity index (χ1v) is 6.79. The Hall–Kier alpha value is -2.15. The molecular weight excluding hydrogens is 262 g/mol. The van der Waals surface area contributed by atoms with E-state index in [9.17, 15) is 4.79 Å². The molecule has 0 aliphatic rings. The average molecular weight is 275 g/mol. The highest BCUT2D eigenvalue weighted by Crippen LogP contribution is 2.15. The largest absolute Gasteiger partial charge is 0.356 e. The highest BCUT2D eigenvalue weighted by atomic mass is 32.1. The first-order chi connectivity index (χ1) is 9.24. The molecule has 3 rings (SSSR count). The molecule has 0 aliphatic carbocycles. The molecule has 0 radical (unpaired) electrons. The number of hydrogen-bond acceptors (Lipinski definition) is 5. The average Bonchev–Trinajstić information content (AvgIpc) is 3.00. The Morgan fingerprint density at radius 3 is 2.95 bits per heavy atom. The molecular formula is C12H13N5OS. The fourth-order valence-corrected chi connectivity index (χ4v) is 2.48. The summed E-state index contributed by atoms with van der Waals surface area (Å²) in [5.74, 6) is 0.859. The lowest BCUT2D eigenvalue weighted by Gasteiger charge is -2.02. The third kappa shape index (κ3) is 2.50. The summed E-state index contributed by atoms with van der Waals surface area (Å²) in [4.78, 5) is 21.0. The quantitative estimate of drug-likeness (QED) is 0.678. The zero-order valence-electron chi connectivity index (χ0n) is 10.4. The maximum Gasteiger partial charge on any atom is 0.323 e. The first kappa shape index (κ1) is 11.9. The molecule has 0 unspecified atom stereocenters. The predicted octanol–water partition coefficient (Wildman–Crippen LogP) is 1.88. The van der Waals surface area contributed by atoms with Gasteiger partial charge in [0.05, 0.1) is 11.0 Å². The van der Waals surface area contributed by atoms with Crippen LogP contribution >= 0.6 is 11.5 Å². The van der Waals surface area contributed by atoms with Crippen LogP contribution in [0.3, 0.4) is 0 Å². The number of aromatic amines is 2. The van der Waals surface area contributed by atoms with E-state index < -0.39 is 0 Å². The predicted molar refractivity (Wildman–Crippen MR) is 75.5 cm³/mol. The minimum Gasteiger partial charge on any atom is -0.356 e. The van der Waals surface area contributed by atoms with Gasteiger partial charge in [0.15, 0.2) is 0 Å². The van der Waals surface area contributed by atoms with Crippen LogP contribution in [0, 0.1) is 0 Å².